The minimum Gasteiger partial charge on any atom is -0.352 e. The zero-order valence-electron chi connectivity index (χ0n) is 14.6. The molecule has 1 aliphatic heterocycles. The van der Waals surface area contributed by atoms with Gasteiger partial charge in [0.1, 0.15) is 0 Å². The van der Waals surface area contributed by atoms with Crippen molar-refractivity contribution in [2.75, 3.05) is 13.2 Å². The van der Waals surface area contributed by atoms with E-state index in [4.69, 9.17) is 9.47 Å². The first-order chi connectivity index (χ1) is 11.2. The molecule has 23 heavy (non-hydrogen) atoms. The summed E-state index contributed by atoms with van der Waals surface area (Å²) in [6.45, 7) is 3.97. The lowest BCUT2D eigenvalue weighted by Crippen LogP contribution is -2.38. The lowest BCUT2D eigenvalue weighted by molar-refractivity contribution is -0.229. The summed E-state index contributed by atoms with van der Waals surface area (Å²) in [4.78, 5) is 0. The summed E-state index contributed by atoms with van der Waals surface area (Å²) < 4.78 is 25.0. The second-order valence-electron chi connectivity index (χ2n) is 7.96. The molecule has 2 fully saturated rings. The third-order valence-electron chi connectivity index (χ3n) is 6.29. The molecular weight excluding hydrogens is 291 g/mol. The number of halogens is 1. The van der Waals surface area contributed by atoms with Gasteiger partial charge in [-0.1, -0.05) is 19.4 Å². The van der Waals surface area contributed by atoms with Crippen molar-refractivity contribution >= 4 is 0 Å². The van der Waals surface area contributed by atoms with Gasteiger partial charge < -0.3 is 9.47 Å². The molecule has 1 atom stereocenters. The summed E-state index contributed by atoms with van der Waals surface area (Å²) in [5.74, 6) is 2.91. The van der Waals surface area contributed by atoms with E-state index in [1.165, 1.54) is 38.5 Å². The molecule has 0 aromatic carbocycles. The summed E-state index contributed by atoms with van der Waals surface area (Å²) in [6.07, 6.45) is 13.5. The van der Waals surface area contributed by atoms with Gasteiger partial charge in [0.15, 0.2) is 6.29 Å². The van der Waals surface area contributed by atoms with Gasteiger partial charge in [0.25, 0.3) is 0 Å². The zero-order chi connectivity index (χ0) is 16.1. The number of rotatable bonds is 5. The lowest BCUT2D eigenvalue weighted by Gasteiger charge is -2.37. The molecule has 0 bridgehead atoms. The van der Waals surface area contributed by atoms with Crippen LogP contribution in [0.4, 0.5) is 4.39 Å². The molecule has 0 aromatic heterocycles. The lowest BCUT2D eigenvalue weighted by atomic mass is 9.77. The summed E-state index contributed by atoms with van der Waals surface area (Å²) in [7, 11) is 0. The van der Waals surface area contributed by atoms with Crippen LogP contribution in [0.15, 0.2) is 11.9 Å². The summed E-state index contributed by atoms with van der Waals surface area (Å²) >= 11 is 0. The Morgan fingerprint density at radius 1 is 0.957 bits per heavy atom. The molecule has 132 valence electrons. The highest BCUT2D eigenvalue weighted by Gasteiger charge is 2.32. The average molecular weight is 324 g/mol. The highest BCUT2D eigenvalue weighted by molar-refractivity contribution is 4.97. The Morgan fingerprint density at radius 2 is 1.65 bits per heavy atom. The number of allylic oxidation sites excluding steroid dienone is 2. The molecule has 0 amide bonds. The van der Waals surface area contributed by atoms with E-state index in [2.05, 4.69) is 6.92 Å². The van der Waals surface area contributed by atoms with Gasteiger partial charge in [-0.05, 0) is 69.6 Å². The van der Waals surface area contributed by atoms with Crippen LogP contribution >= 0.6 is 0 Å². The summed E-state index contributed by atoms with van der Waals surface area (Å²) in [5.41, 5.74) is 0. The predicted octanol–water partition coefficient (Wildman–Crippen LogP) is 5.63. The standard InChI is InChI=1S/C20H33FO2/c1-2-15-13-22-20(23-14-15)18-9-5-16(6-10-18)3-4-17-7-11-19(21)12-8-17/h11,15-18,20H,2-10,12-14H2,1H3. The third-order valence-corrected chi connectivity index (χ3v) is 6.29. The fraction of sp³-hybridized carbons (Fsp3) is 0.900. The SMILES string of the molecule is CCC1COC(C2CCC(CCC3CC=C(F)CC3)CC2)OC1. The van der Waals surface area contributed by atoms with Gasteiger partial charge in [0.05, 0.1) is 19.0 Å². The molecule has 2 nitrogen and oxygen atoms in total. The third kappa shape index (κ3) is 5.03. The maximum atomic E-state index is 13.1. The second kappa shape index (κ2) is 8.62. The molecular formula is C20H33FO2. The average Bonchev–Trinajstić information content (AvgIpc) is 2.62. The van der Waals surface area contributed by atoms with Gasteiger partial charge in [-0.2, -0.15) is 0 Å². The number of hydrogen-bond donors (Lipinski definition) is 0. The minimum atomic E-state index is 0.0604. The fourth-order valence-corrected chi connectivity index (χ4v) is 4.41. The second-order valence-corrected chi connectivity index (χ2v) is 7.96. The molecule has 0 N–H and O–H groups in total. The molecule has 1 saturated heterocycles. The van der Waals surface area contributed by atoms with Crippen LogP contribution in [0.3, 0.4) is 0 Å². The fourth-order valence-electron chi connectivity index (χ4n) is 4.41. The quantitative estimate of drug-likeness (QED) is 0.653. The van der Waals surface area contributed by atoms with E-state index >= 15 is 0 Å². The summed E-state index contributed by atoms with van der Waals surface area (Å²) in [5, 5.41) is 0. The maximum absolute atomic E-state index is 13.1. The summed E-state index contributed by atoms with van der Waals surface area (Å²) in [6, 6.07) is 0. The Morgan fingerprint density at radius 3 is 2.26 bits per heavy atom. The van der Waals surface area contributed by atoms with Gasteiger partial charge in [-0.15, -0.1) is 0 Å². The van der Waals surface area contributed by atoms with Gasteiger partial charge in [-0.25, -0.2) is 4.39 Å². The number of hydrogen-bond acceptors (Lipinski definition) is 2. The highest BCUT2D eigenvalue weighted by Crippen LogP contribution is 2.37. The van der Waals surface area contributed by atoms with Crippen molar-refractivity contribution in [1.82, 2.24) is 0 Å². The minimum absolute atomic E-state index is 0.0604. The van der Waals surface area contributed by atoms with Crippen LogP contribution in [0.2, 0.25) is 0 Å². The Kier molecular flexibility index (Phi) is 6.52. The first-order valence-electron chi connectivity index (χ1n) is 9.82. The largest absolute Gasteiger partial charge is 0.352 e. The van der Waals surface area contributed by atoms with E-state index in [1.54, 1.807) is 0 Å². The van der Waals surface area contributed by atoms with Crippen molar-refractivity contribution in [3.05, 3.63) is 11.9 Å². The van der Waals surface area contributed by atoms with Gasteiger partial charge >= 0.3 is 0 Å². The predicted molar refractivity (Wildman–Crippen MR) is 90.7 cm³/mol. The van der Waals surface area contributed by atoms with Crippen LogP contribution in [0.25, 0.3) is 0 Å². The zero-order valence-corrected chi connectivity index (χ0v) is 14.6. The highest BCUT2D eigenvalue weighted by atomic mass is 19.1. The molecule has 0 aromatic rings. The molecule has 1 unspecified atom stereocenters. The molecule has 1 saturated carbocycles. The first kappa shape index (κ1) is 17.4. The van der Waals surface area contributed by atoms with Gasteiger partial charge in [-0.3, -0.25) is 0 Å². The molecule has 0 spiro atoms. The van der Waals surface area contributed by atoms with Crippen molar-refractivity contribution in [1.29, 1.82) is 0 Å². The molecule has 2 aliphatic carbocycles. The van der Waals surface area contributed by atoms with Crippen LogP contribution in [-0.4, -0.2) is 19.5 Å². The van der Waals surface area contributed by atoms with Crippen LogP contribution in [-0.2, 0) is 9.47 Å². The first-order valence-corrected chi connectivity index (χ1v) is 9.82. The van der Waals surface area contributed by atoms with Crippen molar-refractivity contribution in [3.8, 4) is 0 Å². The van der Waals surface area contributed by atoms with Crippen molar-refractivity contribution < 1.29 is 13.9 Å². The Bertz CT molecular complexity index is 379. The molecule has 0 radical (unpaired) electrons. The Labute approximate surface area is 140 Å². The molecule has 3 heteroatoms. The van der Waals surface area contributed by atoms with E-state index in [1.807, 2.05) is 6.08 Å². The monoisotopic (exact) mass is 324 g/mol. The van der Waals surface area contributed by atoms with Gasteiger partial charge in [0, 0.05) is 11.8 Å². The smallest absolute Gasteiger partial charge is 0.160 e. The molecule has 3 aliphatic rings. The topological polar surface area (TPSA) is 18.5 Å². The number of ether oxygens (including phenoxy) is 2. The maximum Gasteiger partial charge on any atom is 0.160 e. The van der Waals surface area contributed by atoms with E-state index in [0.717, 1.165) is 44.3 Å². The van der Waals surface area contributed by atoms with Crippen molar-refractivity contribution in [2.45, 2.75) is 77.4 Å². The van der Waals surface area contributed by atoms with Crippen LogP contribution in [0.1, 0.15) is 71.1 Å². The van der Waals surface area contributed by atoms with E-state index in [0.29, 0.717) is 18.3 Å². The Hall–Kier alpha value is -0.410. The Balaban J connectivity index is 1.33. The van der Waals surface area contributed by atoms with E-state index < -0.39 is 0 Å². The van der Waals surface area contributed by atoms with Gasteiger partial charge in [0.2, 0.25) is 0 Å². The van der Waals surface area contributed by atoms with E-state index in [9.17, 15) is 4.39 Å². The van der Waals surface area contributed by atoms with Crippen LogP contribution in [0.5, 0.6) is 0 Å². The van der Waals surface area contributed by atoms with E-state index in [-0.39, 0.29) is 12.1 Å². The van der Waals surface area contributed by atoms with Crippen LogP contribution in [0, 0.1) is 23.7 Å². The molecule has 3 rings (SSSR count). The van der Waals surface area contributed by atoms with Crippen molar-refractivity contribution in [2.24, 2.45) is 23.7 Å². The van der Waals surface area contributed by atoms with Crippen molar-refractivity contribution in [3.63, 3.8) is 0 Å². The normalized spacial score (nSPS) is 39.0. The van der Waals surface area contributed by atoms with Crippen LogP contribution < -0.4 is 0 Å². The molecule has 1 heterocycles.